The first kappa shape index (κ1) is 14.2. The summed E-state index contributed by atoms with van der Waals surface area (Å²) in [4.78, 5) is 0.225. The van der Waals surface area contributed by atoms with Gasteiger partial charge in [-0.1, -0.05) is 27.7 Å². The molecule has 2 N–H and O–H groups in total. The van der Waals surface area contributed by atoms with Gasteiger partial charge in [-0.15, -0.1) is 0 Å². The normalized spacial score (nSPS) is 12.4. The summed E-state index contributed by atoms with van der Waals surface area (Å²) in [6.07, 6.45) is 1.19. The van der Waals surface area contributed by atoms with Crippen LogP contribution in [0.4, 0.5) is 0 Å². The zero-order valence-electron chi connectivity index (χ0n) is 10.9. The average Bonchev–Trinajstić information content (AvgIpc) is 2.54. The molecule has 0 spiro atoms. The van der Waals surface area contributed by atoms with Gasteiger partial charge in [0.25, 0.3) is 0 Å². The number of hydrogen-bond donors (Lipinski definition) is 1. The Labute approximate surface area is 103 Å². The highest BCUT2D eigenvalue weighted by atomic mass is 32.2. The molecule has 0 amide bonds. The Hall–Kier alpha value is -0.880. The lowest BCUT2D eigenvalue weighted by molar-refractivity contribution is 0.466. The van der Waals surface area contributed by atoms with Gasteiger partial charge < -0.3 is 0 Å². The van der Waals surface area contributed by atoms with Crippen molar-refractivity contribution in [3.63, 3.8) is 0 Å². The van der Waals surface area contributed by atoms with Gasteiger partial charge in [-0.05, 0) is 18.8 Å². The van der Waals surface area contributed by atoms with Crippen molar-refractivity contribution in [3.8, 4) is 0 Å². The zero-order valence-corrected chi connectivity index (χ0v) is 11.7. The van der Waals surface area contributed by atoms with Crippen LogP contribution in [0, 0.1) is 5.92 Å². The summed E-state index contributed by atoms with van der Waals surface area (Å²) in [5.74, 6) is 0.415. The highest BCUT2D eigenvalue weighted by Gasteiger charge is 2.24. The molecule has 1 rings (SSSR count). The predicted molar refractivity (Wildman–Crippen MR) is 67.2 cm³/mol. The van der Waals surface area contributed by atoms with Crippen LogP contribution in [0.2, 0.25) is 0 Å². The lowest BCUT2D eigenvalue weighted by Gasteiger charge is -2.09. The second kappa shape index (κ2) is 5.18. The first-order chi connectivity index (χ1) is 7.81. The Bertz CT molecular complexity index is 489. The minimum absolute atomic E-state index is 0.225. The summed E-state index contributed by atoms with van der Waals surface area (Å²) in [5.41, 5.74) is 1.29. The van der Waals surface area contributed by atoms with Crippen molar-refractivity contribution in [1.82, 2.24) is 9.78 Å². The largest absolute Gasteiger partial charge is 0.268 e. The third kappa shape index (κ3) is 3.07. The Kier molecular flexibility index (Phi) is 4.32. The molecule has 0 aliphatic heterocycles. The van der Waals surface area contributed by atoms with Crippen LogP contribution in [0.15, 0.2) is 4.90 Å². The van der Waals surface area contributed by atoms with E-state index in [-0.39, 0.29) is 4.90 Å². The third-order valence-corrected chi connectivity index (χ3v) is 3.61. The highest BCUT2D eigenvalue weighted by Crippen LogP contribution is 2.21. The Morgan fingerprint density at radius 1 is 1.29 bits per heavy atom. The molecule has 0 fully saturated rings. The Morgan fingerprint density at radius 2 is 1.88 bits per heavy atom. The molecule has 0 atom stereocenters. The molecule has 1 heterocycles. The van der Waals surface area contributed by atoms with Gasteiger partial charge in [0, 0.05) is 6.54 Å². The number of sulfonamides is 1. The van der Waals surface area contributed by atoms with Crippen LogP contribution in [0.3, 0.4) is 0 Å². The lowest BCUT2D eigenvalue weighted by Crippen LogP contribution is -2.16. The van der Waals surface area contributed by atoms with E-state index >= 15 is 0 Å². The molecule has 17 heavy (non-hydrogen) atoms. The molecule has 1 aromatic rings. The minimum atomic E-state index is -3.69. The number of primary sulfonamides is 1. The molecular formula is C11H21N3O2S. The maximum Gasteiger partial charge on any atom is 0.241 e. The molecule has 0 aromatic carbocycles. The zero-order chi connectivity index (χ0) is 13.2. The molecule has 0 bridgehead atoms. The third-order valence-electron chi connectivity index (χ3n) is 2.57. The van der Waals surface area contributed by atoms with E-state index in [1.165, 1.54) is 0 Å². The Balaban J connectivity index is 3.41. The quantitative estimate of drug-likeness (QED) is 0.866. The van der Waals surface area contributed by atoms with E-state index in [1.54, 1.807) is 4.68 Å². The number of rotatable bonds is 5. The van der Waals surface area contributed by atoms with Gasteiger partial charge in [-0.25, -0.2) is 13.6 Å². The van der Waals surface area contributed by atoms with Crippen LogP contribution in [0.25, 0.3) is 0 Å². The average molecular weight is 259 g/mol. The number of hydrogen-bond acceptors (Lipinski definition) is 3. The second-order valence-electron chi connectivity index (χ2n) is 4.55. The van der Waals surface area contributed by atoms with Gasteiger partial charge >= 0.3 is 0 Å². The summed E-state index contributed by atoms with van der Waals surface area (Å²) < 4.78 is 25.0. The molecule has 0 aliphatic carbocycles. The summed E-state index contributed by atoms with van der Waals surface area (Å²) >= 11 is 0. The Morgan fingerprint density at radius 3 is 2.24 bits per heavy atom. The first-order valence-corrected chi connectivity index (χ1v) is 7.47. The van der Waals surface area contributed by atoms with Crippen molar-refractivity contribution in [3.05, 3.63) is 11.4 Å². The van der Waals surface area contributed by atoms with Gasteiger partial charge in [0.05, 0.1) is 11.4 Å². The van der Waals surface area contributed by atoms with Crippen LogP contribution in [0.1, 0.15) is 39.1 Å². The van der Waals surface area contributed by atoms with Crippen LogP contribution >= 0.6 is 0 Å². The molecule has 6 heteroatoms. The maximum absolute atomic E-state index is 11.6. The van der Waals surface area contributed by atoms with E-state index < -0.39 is 10.0 Å². The van der Waals surface area contributed by atoms with E-state index in [0.29, 0.717) is 31.0 Å². The topological polar surface area (TPSA) is 78.0 Å². The van der Waals surface area contributed by atoms with Crippen LogP contribution in [-0.2, 0) is 29.4 Å². The minimum Gasteiger partial charge on any atom is -0.268 e. The second-order valence-corrected chi connectivity index (χ2v) is 6.05. The van der Waals surface area contributed by atoms with Gasteiger partial charge in [0.2, 0.25) is 10.0 Å². The molecule has 5 nitrogen and oxygen atoms in total. The lowest BCUT2D eigenvalue weighted by atomic mass is 10.2. The summed E-state index contributed by atoms with van der Waals surface area (Å²) in [7, 11) is -3.69. The molecule has 1 aromatic heterocycles. The van der Waals surface area contributed by atoms with Crippen molar-refractivity contribution in [2.45, 2.75) is 52.0 Å². The van der Waals surface area contributed by atoms with Gasteiger partial charge in [-0.2, -0.15) is 5.10 Å². The first-order valence-electron chi connectivity index (χ1n) is 5.92. The van der Waals surface area contributed by atoms with Crippen molar-refractivity contribution >= 4 is 10.0 Å². The number of aryl methyl sites for hydroxylation is 1. The van der Waals surface area contributed by atoms with Crippen molar-refractivity contribution in [2.24, 2.45) is 11.1 Å². The van der Waals surface area contributed by atoms with E-state index in [1.807, 2.05) is 13.8 Å². The predicted octanol–water partition coefficient (Wildman–Crippen LogP) is 1.31. The fourth-order valence-electron chi connectivity index (χ4n) is 1.93. The molecule has 0 aliphatic rings. The molecule has 0 saturated carbocycles. The smallest absolute Gasteiger partial charge is 0.241 e. The van der Waals surface area contributed by atoms with Crippen LogP contribution in [-0.4, -0.2) is 18.2 Å². The van der Waals surface area contributed by atoms with E-state index in [0.717, 1.165) is 5.69 Å². The van der Waals surface area contributed by atoms with E-state index in [4.69, 9.17) is 5.14 Å². The number of nitrogens with two attached hydrogens (primary N) is 1. The standard InChI is InChI=1S/C11H21N3O2S/c1-5-9-11(17(12,15)16)10(6-2)14(13-9)7-8(3)4/h8H,5-7H2,1-4H3,(H2,12,15,16). The maximum atomic E-state index is 11.6. The van der Waals surface area contributed by atoms with Crippen molar-refractivity contribution in [1.29, 1.82) is 0 Å². The van der Waals surface area contributed by atoms with Gasteiger partial charge in [-0.3, -0.25) is 4.68 Å². The monoisotopic (exact) mass is 259 g/mol. The summed E-state index contributed by atoms with van der Waals surface area (Å²) in [6, 6.07) is 0. The molecule has 98 valence electrons. The summed E-state index contributed by atoms with van der Waals surface area (Å²) in [5, 5.41) is 9.64. The summed E-state index contributed by atoms with van der Waals surface area (Å²) in [6.45, 7) is 8.66. The molecule has 0 saturated heterocycles. The van der Waals surface area contributed by atoms with Gasteiger partial charge in [0.1, 0.15) is 4.90 Å². The van der Waals surface area contributed by atoms with Crippen molar-refractivity contribution in [2.75, 3.05) is 0 Å². The van der Waals surface area contributed by atoms with E-state index in [2.05, 4.69) is 18.9 Å². The molecule has 0 unspecified atom stereocenters. The van der Waals surface area contributed by atoms with Crippen LogP contribution < -0.4 is 5.14 Å². The SMILES string of the molecule is CCc1nn(CC(C)C)c(CC)c1S(N)(=O)=O. The van der Waals surface area contributed by atoms with E-state index in [9.17, 15) is 8.42 Å². The molecular weight excluding hydrogens is 238 g/mol. The fourth-order valence-corrected chi connectivity index (χ4v) is 3.03. The highest BCUT2D eigenvalue weighted by molar-refractivity contribution is 7.89. The van der Waals surface area contributed by atoms with Gasteiger partial charge in [0.15, 0.2) is 0 Å². The number of nitrogens with zero attached hydrogens (tertiary/aromatic N) is 2. The number of aromatic nitrogens is 2. The fraction of sp³-hybridized carbons (Fsp3) is 0.727. The van der Waals surface area contributed by atoms with Crippen molar-refractivity contribution < 1.29 is 8.42 Å². The molecule has 0 radical (unpaired) electrons. The van der Waals surface area contributed by atoms with Crippen LogP contribution in [0.5, 0.6) is 0 Å².